The highest BCUT2D eigenvalue weighted by Crippen LogP contribution is 2.27. The quantitative estimate of drug-likeness (QED) is 0.578. The second-order valence-corrected chi connectivity index (χ2v) is 4.64. The van der Waals surface area contributed by atoms with Gasteiger partial charge in [0.05, 0.1) is 19.3 Å². The summed E-state index contributed by atoms with van der Waals surface area (Å²) < 4.78 is 11.4. The molecule has 0 fully saturated rings. The molecule has 3 N–H and O–H groups in total. The summed E-state index contributed by atoms with van der Waals surface area (Å²) in [5.41, 5.74) is 3.90. The molecule has 2 rings (SSSR count). The van der Waals surface area contributed by atoms with Gasteiger partial charge in [-0.25, -0.2) is 0 Å². The van der Waals surface area contributed by atoms with Gasteiger partial charge in [-0.05, 0) is 25.1 Å². The largest absolute Gasteiger partial charge is 0.494 e. The summed E-state index contributed by atoms with van der Waals surface area (Å²) in [6, 6.07) is 17.7. The molecule has 0 radical (unpaired) electrons. The van der Waals surface area contributed by atoms with Crippen LogP contribution in [0.1, 0.15) is 24.9 Å². The van der Waals surface area contributed by atoms with E-state index in [1.165, 1.54) is 0 Å². The first-order chi connectivity index (χ1) is 10.3. The number of nitrogens with one attached hydrogen (secondary N) is 1. The van der Waals surface area contributed by atoms with Crippen LogP contribution in [-0.4, -0.2) is 13.2 Å². The lowest BCUT2D eigenvalue weighted by Crippen LogP contribution is -2.29. The maximum Gasteiger partial charge on any atom is 0.124 e. The van der Waals surface area contributed by atoms with Crippen LogP contribution < -0.4 is 20.7 Å². The molecule has 0 saturated carbocycles. The zero-order valence-corrected chi connectivity index (χ0v) is 12.3. The topological polar surface area (TPSA) is 56.5 Å². The van der Waals surface area contributed by atoms with Crippen LogP contribution in [0.4, 0.5) is 0 Å². The Morgan fingerprint density at radius 3 is 2.43 bits per heavy atom. The van der Waals surface area contributed by atoms with Gasteiger partial charge in [-0.1, -0.05) is 36.4 Å². The van der Waals surface area contributed by atoms with Gasteiger partial charge in [0.25, 0.3) is 0 Å². The number of hydrogen-bond donors (Lipinski definition) is 2. The second kappa shape index (κ2) is 8.29. The fourth-order valence-electron chi connectivity index (χ4n) is 2.20. The van der Waals surface area contributed by atoms with Crippen LogP contribution in [0, 0.1) is 0 Å². The smallest absolute Gasteiger partial charge is 0.124 e. The first kappa shape index (κ1) is 15.4. The summed E-state index contributed by atoms with van der Waals surface area (Å²) in [6.07, 6.45) is 0.759. The monoisotopic (exact) mass is 286 g/mol. The molecule has 21 heavy (non-hydrogen) atoms. The first-order valence-electron chi connectivity index (χ1n) is 7.21. The Kier molecular flexibility index (Phi) is 6.06. The summed E-state index contributed by atoms with van der Waals surface area (Å²) in [5.74, 6) is 7.42. The molecule has 0 spiro atoms. The van der Waals surface area contributed by atoms with Crippen molar-refractivity contribution in [3.05, 3.63) is 60.2 Å². The fraction of sp³-hybridized carbons (Fsp3) is 0.294. The van der Waals surface area contributed by atoms with Crippen molar-refractivity contribution in [1.29, 1.82) is 0 Å². The van der Waals surface area contributed by atoms with Crippen molar-refractivity contribution >= 4 is 0 Å². The minimum absolute atomic E-state index is 0.00328. The molecule has 4 nitrogen and oxygen atoms in total. The third-order valence-electron chi connectivity index (χ3n) is 3.21. The summed E-state index contributed by atoms with van der Waals surface area (Å²) >= 11 is 0. The summed E-state index contributed by atoms with van der Waals surface area (Å²) in [6.45, 7) is 3.19. The van der Waals surface area contributed by atoms with E-state index in [0.29, 0.717) is 13.2 Å². The van der Waals surface area contributed by atoms with Crippen LogP contribution >= 0.6 is 0 Å². The Bertz CT molecular complexity index is 531. The van der Waals surface area contributed by atoms with E-state index < -0.39 is 0 Å². The SMILES string of the molecule is CCOc1ccccc1C(CCOc1ccccc1)NN. The molecule has 112 valence electrons. The van der Waals surface area contributed by atoms with Crippen molar-refractivity contribution in [2.24, 2.45) is 5.84 Å². The van der Waals surface area contributed by atoms with Gasteiger partial charge in [-0.3, -0.25) is 11.3 Å². The molecule has 0 heterocycles. The van der Waals surface area contributed by atoms with Gasteiger partial charge in [0, 0.05) is 12.0 Å². The molecule has 0 saturated heterocycles. The predicted molar refractivity (Wildman–Crippen MR) is 84.2 cm³/mol. The molecule has 4 heteroatoms. The molecule has 1 unspecified atom stereocenters. The van der Waals surface area contributed by atoms with Gasteiger partial charge in [0.1, 0.15) is 11.5 Å². The Morgan fingerprint density at radius 1 is 1.00 bits per heavy atom. The summed E-state index contributed by atoms with van der Waals surface area (Å²) in [5, 5.41) is 0. The number of hydrazine groups is 1. The van der Waals surface area contributed by atoms with Crippen LogP contribution in [0.25, 0.3) is 0 Å². The molecule has 0 aliphatic carbocycles. The highest BCUT2D eigenvalue weighted by Gasteiger charge is 2.14. The number of nitrogens with two attached hydrogens (primary N) is 1. The number of para-hydroxylation sites is 2. The number of rotatable bonds is 8. The van der Waals surface area contributed by atoms with Gasteiger partial charge in [-0.2, -0.15) is 0 Å². The van der Waals surface area contributed by atoms with E-state index in [1.54, 1.807) is 0 Å². The van der Waals surface area contributed by atoms with Crippen LogP contribution in [0.3, 0.4) is 0 Å². The van der Waals surface area contributed by atoms with Crippen LogP contribution in [0.2, 0.25) is 0 Å². The standard InChI is InChI=1S/C17H22N2O2/c1-2-20-17-11-7-6-10-15(17)16(19-18)12-13-21-14-8-4-3-5-9-14/h3-11,16,19H,2,12-13,18H2,1H3. The second-order valence-electron chi connectivity index (χ2n) is 4.64. The molecule has 1 atom stereocenters. The van der Waals surface area contributed by atoms with Crippen LogP contribution in [0.15, 0.2) is 54.6 Å². The molecule has 2 aromatic carbocycles. The van der Waals surface area contributed by atoms with Crippen LogP contribution in [0.5, 0.6) is 11.5 Å². The Hall–Kier alpha value is -2.04. The number of benzene rings is 2. The molecule has 0 amide bonds. The normalized spacial score (nSPS) is 11.9. The lowest BCUT2D eigenvalue weighted by Gasteiger charge is -2.19. The maximum absolute atomic E-state index is 5.72. The number of ether oxygens (including phenoxy) is 2. The molecule has 0 aliphatic heterocycles. The lowest BCUT2D eigenvalue weighted by atomic mass is 10.0. The van der Waals surface area contributed by atoms with Crippen molar-refractivity contribution < 1.29 is 9.47 Å². The lowest BCUT2D eigenvalue weighted by molar-refractivity contribution is 0.281. The van der Waals surface area contributed by atoms with E-state index in [4.69, 9.17) is 15.3 Å². The minimum Gasteiger partial charge on any atom is -0.494 e. The van der Waals surface area contributed by atoms with Crippen LogP contribution in [-0.2, 0) is 0 Å². The van der Waals surface area contributed by atoms with Gasteiger partial charge in [-0.15, -0.1) is 0 Å². The summed E-state index contributed by atoms with van der Waals surface area (Å²) in [4.78, 5) is 0. The van der Waals surface area contributed by atoms with E-state index in [1.807, 2.05) is 61.5 Å². The average Bonchev–Trinajstić information content (AvgIpc) is 2.54. The Balaban J connectivity index is 1.96. The Labute approximate surface area is 125 Å². The predicted octanol–water partition coefficient (Wildman–Crippen LogP) is 3.06. The molecule has 0 aliphatic rings. The molecular weight excluding hydrogens is 264 g/mol. The molecular formula is C17H22N2O2. The summed E-state index contributed by atoms with van der Waals surface area (Å²) in [7, 11) is 0. The van der Waals surface area contributed by atoms with E-state index in [-0.39, 0.29) is 6.04 Å². The average molecular weight is 286 g/mol. The zero-order chi connectivity index (χ0) is 14.9. The van der Waals surface area contributed by atoms with E-state index in [9.17, 15) is 0 Å². The molecule has 0 aromatic heterocycles. The third-order valence-corrected chi connectivity index (χ3v) is 3.21. The van der Waals surface area contributed by atoms with E-state index in [0.717, 1.165) is 23.5 Å². The minimum atomic E-state index is -0.00328. The van der Waals surface area contributed by atoms with Gasteiger partial charge < -0.3 is 9.47 Å². The highest BCUT2D eigenvalue weighted by molar-refractivity contribution is 5.36. The van der Waals surface area contributed by atoms with Gasteiger partial charge in [0.15, 0.2) is 0 Å². The third kappa shape index (κ3) is 4.48. The van der Waals surface area contributed by atoms with Gasteiger partial charge in [0.2, 0.25) is 0 Å². The van der Waals surface area contributed by atoms with Crippen molar-refractivity contribution in [2.45, 2.75) is 19.4 Å². The first-order valence-corrected chi connectivity index (χ1v) is 7.21. The van der Waals surface area contributed by atoms with Crippen molar-refractivity contribution in [2.75, 3.05) is 13.2 Å². The van der Waals surface area contributed by atoms with Gasteiger partial charge >= 0.3 is 0 Å². The fourth-order valence-corrected chi connectivity index (χ4v) is 2.20. The molecule has 2 aromatic rings. The van der Waals surface area contributed by atoms with E-state index in [2.05, 4.69) is 5.43 Å². The molecule has 0 bridgehead atoms. The van der Waals surface area contributed by atoms with Crippen molar-refractivity contribution in [3.8, 4) is 11.5 Å². The van der Waals surface area contributed by atoms with Crippen molar-refractivity contribution in [1.82, 2.24) is 5.43 Å². The van der Waals surface area contributed by atoms with E-state index >= 15 is 0 Å². The zero-order valence-electron chi connectivity index (χ0n) is 12.3. The maximum atomic E-state index is 5.72. The highest BCUT2D eigenvalue weighted by atomic mass is 16.5. The Morgan fingerprint density at radius 2 is 1.71 bits per heavy atom. The van der Waals surface area contributed by atoms with Crippen molar-refractivity contribution in [3.63, 3.8) is 0 Å². The number of hydrogen-bond acceptors (Lipinski definition) is 4.